The molecule has 23 heavy (non-hydrogen) atoms. The van der Waals surface area contributed by atoms with E-state index < -0.39 is 17.9 Å². The molecule has 4 amide bonds. The molecule has 0 radical (unpaired) electrons. The summed E-state index contributed by atoms with van der Waals surface area (Å²) in [6.45, 7) is 0.165. The summed E-state index contributed by atoms with van der Waals surface area (Å²) in [5.74, 6) is -0.794. The van der Waals surface area contributed by atoms with Crippen LogP contribution in [0.5, 0.6) is 0 Å². The van der Waals surface area contributed by atoms with Crippen LogP contribution in [0, 0.1) is 11.8 Å². The highest BCUT2D eigenvalue weighted by atomic mass is 32.1. The van der Waals surface area contributed by atoms with Gasteiger partial charge in [-0.05, 0) is 36.4 Å². The van der Waals surface area contributed by atoms with Crippen molar-refractivity contribution < 1.29 is 14.4 Å². The molecule has 1 aromatic heterocycles. The van der Waals surface area contributed by atoms with Crippen molar-refractivity contribution in [2.24, 2.45) is 11.8 Å². The fourth-order valence-corrected chi connectivity index (χ4v) is 3.85. The van der Waals surface area contributed by atoms with Crippen molar-refractivity contribution in [1.82, 2.24) is 20.3 Å². The quantitative estimate of drug-likeness (QED) is 0.772. The van der Waals surface area contributed by atoms with Crippen LogP contribution in [-0.2, 0) is 9.59 Å². The van der Waals surface area contributed by atoms with Crippen molar-refractivity contribution in [2.75, 3.05) is 6.54 Å². The molecule has 1 aliphatic carbocycles. The van der Waals surface area contributed by atoms with Gasteiger partial charge in [0.05, 0.1) is 17.7 Å². The number of nitrogens with one attached hydrogen (secondary N) is 3. The SMILES string of the molecule is O=C1C[C@H](C(=O)N[C@@H](c2ccsn2)C2CCCC2)CNC(=O)N1. The number of rotatable bonds is 4. The molecule has 2 heterocycles. The lowest BCUT2D eigenvalue weighted by atomic mass is 9.94. The second kappa shape index (κ2) is 7.08. The standard InChI is InChI=1S/C15H20N4O3S/c20-12-7-10(8-16-15(22)17-12)14(21)18-13(9-3-1-2-4-9)11-5-6-23-19-11/h5-6,9-10,13H,1-4,7-8H2,(H,18,21)(H2,16,17,20,22)/t10-,13+/m0/s1. The van der Waals surface area contributed by atoms with E-state index >= 15 is 0 Å². The Bertz CT molecular complexity index is 584. The second-order valence-corrected chi connectivity index (χ2v) is 6.78. The number of hydrogen-bond acceptors (Lipinski definition) is 5. The Labute approximate surface area is 138 Å². The molecule has 8 heteroatoms. The Morgan fingerprint density at radius 1 is 1.35 bits per heavy atom. The lowest BCUT2D eigenvalue weighted by molar-refractivity contribution is -0.130. The number of imide groups is 1. The minimum atomic E-state index is -0.552. The summed E-state index contributed by atoms with van der Waals surface area (Å²) in [4.78, 5) is 35.5. The fraction of sp³-hybridized carbons (Fsp3) is 0.600. The average molecular weight is 336 g/mol. The van der Waals surface area contributed by atoms with Gasteiger partial charge in [0, 0.05) is 18.3 Å². The Morgan fingerprint density at radius 3 is 2.83 bits per heavy atom. The third-order valence-electron chi connectivity index (χ3n) is 4.51. The fourth-order valence-electron chi connectivity index (χ4n) is 3.30. The molecule has 2 atom stereocenters. The largest absolute Gasteiger partial charge is 0.347 e. The van der Waals surface area contributed by atoms with Crippen molar-refractivity contribution in [2.45, 2.75) is 38.1 Å². The first-order chi connectivity index (χ1) is 11.1. The van der Waals surface area contributed by atoms with E-state index in [1.807, 2.05) is 11.4 Å². The number of amides is 4. The molecule has 0 aromatic carbocycles. The third kappa shape index (κ3) is 3.87. The number of hydrogen-bond donors (Lipinski definition) is 3. The molecule has 1 aliphatic heterocycles. The van der Waals surface area contributed by atoms with Crippen LogP contribution in [0.4, 0.5) is 4.79 Å². The molecule has 1 saturated carbocycles. The molecule has 0 spiro atoms. The molecule has 7 nitrogen and oxygen atoms in total. The van der Waals surface area contributed by atoms with Crippen LogP contribution in [0.2, 0.25) is 0 Å². The smallest absolute Gasteiger partial charge is 0.321 e. The minimum absolute atomic E-state index is 0.0129. The van der Waals surface area contributed by atoms with Crippen molar-refractivity contribution in [3.8, 4) is 0 Å². The van der Waals surface area contributed by atoms with E-state index in [0.717, 1.165) is 18.5 Å². The predicted octanol–water partition coefficient (Wildman–Crippen LogP) is 1.34. The number of nitrogens with zero attached hydrogens (tertiary/aromatic N) is 1. The molecule has 3 N–H and O–H groups in total. The first-order valence-corrected chi connectivity index (χ1v) is 8.75. The molecule has 2 aliphatic rings. The number of urea groups is 1. The lowest BCUT2D eigenvalue weighted by Gasteiger charge is -2.25. The Morgan fingerprint density at radius 2 is 2.13 bits per heavy atom. The highest BCUT2D eigenvalue weighted by molar-refractivity contribution is 7.03. The van der Waals surface area contributed by atoms with Crippen LogP contribution < -0.4 is 16.0 Å². The van der Waals surface area contributed by atoms with Gasteiger partial charge in [-0.1, -0.05) is 12.8 Å². The van der Waals surface area contributed by atoms with Gasteiger partial charge < -0.3 is 10.6 Å². The van der Waals surface area contributed by atoms with E-state index in [4.69, 9.17) is 0 Å². The van der Waals surface area contributed by atoms with E-state index in [9.17, 15) is 14.4 Å². The van der Waals surface area contributed by atoms with Gasteiger partial charge >= 0.3 is 6.03 Å². The molecule has 1 saturated heterocycles. The zero-order valence-electron chi connectivity index (χ0n) is 12.7. The molecule has 3 rings (SSSR count). The molecule has 1 aromatic rings. The summed E-state index contributed by atoms with van der Waals surface area (Å²) < 4.78 is 4.38. The topological polar surface area (TPSA) is 100 Å². The molecular formula is C15H20N4O3S. The van der Waals surface area contributed by atoms with E-state index in [-0.39, 0.29) is 24.9 Å². The summed E-state index contributed by atoms with van der Waals surface area (Å²) in [5.41, 5.74) is 0.886. The first kappa shape index (κ1) is 15.9. The minimum Gasteiger partial charge on any atom is -0.347 e. The normalized spacial score (nSPS) is 23.7. The maximum Gasteiger partial charge on any atom is 0.321 e. The number of carbonyl (C=O) groups is 3. The maximum atomic E-state index is 12.6. The van der Waals surface area contributed by atoms with Gasteiger partial charge in [-0.15, -0.1) is 0 Å². The molecular weight excluding hydrogens is 316 g/mol. The lowest BCUT2D eigenvalue weighted by Crippen LogP contribution is -2.41. The van der Waals surface area contributed by atoms with Crippen molar-refractivity contribution in [3.63, 3.8) is 0 Å². The summed E-state index contributed by atoms with van der Waals surface area (Å²) in [5, 5.41) is 9.69. The van der Waals surface area contributed by atoms with Gasteiger partial charge in [0.25, 0.3) is 0 Å². The monoisotopic (exact) mass is 336 g/mol. The van der Waals surface area contributed by atoms with Crippen LogP contribution in [-0.4, -0.2) is 28.8 Å². The van der Waals surface area contributed by atoms with Gasteiger partial charge in [-0.25, -0.2) is 4.79 Å². The van der Waals surface area contributed by atoms with Gasteiger partial charge in [0.15, 0.2) is 0 Å². The Hall–Kier alpha value is -1.96. The summed E-state index contributed by atoms with van der Waals surface area (Å²) in [6.07, 6.45) is 4.50. The zero-order valence-corrected chi connectivity index (χ0v) is 13.5. The summed E-state index contributed by atoms with van der Waals surface area (Å²) >= 11 is 1.37. The second-order valence-electron chi connectivity index (χ2n) is 6.11. The third-order valence-corrected chi connectivity index (χ3v) is 5.08. The van der Waals surface area contributed by atoms with E-state index in [0.29, 0.717) is 5.92 Å². The van der Waals surface area contributed by atoms with E-state index in [2.05, 4.69) is 20.3 Å². The average Bonchev–Trinajstić information content (AvgIpc) is 3.19. The van der Waals surface area contributed by atoms with Crippen LogP contribution in [0.3, 0.4) is 0 Å². The highest BCUT2D eigenvalue weighted by Gasteiger charge is 2.33. The highest BCUT2D eigenvalue weighted by Crippen LogP contribution is 2.35. The summed E-state index contributed by atoms with van der Waals surface area (Å²) in [6, 6.07) is 1.28. The van der Waals surface area contributed by atoms with E-state index in [1.54, 1.807) is 0 Å². The Kier molecular flexibility index (Phi) is 4.90. The van der Waals surface area contributed by atoms with Crippen molar-refractivity contribution in [1.29, 1.82) is 0 Å². The number of aromatic nitrogens is 1. The Balaban J connectivity index is 1.70. The van der Waals surface area contributed by atoms with Crippen LogP contribution >= 0.6 is 11.5 Å². The molecule has 124 valence electrons. The molecule has 0 bridgehead atoms. The molecule has 2 fully saturated rings. The van der Waals surface area contributed by atoms with Crippen LogP contribution in [0.25, 0.3) is 0 Å². The number of carbonyl (C=O) groups excluding carboxylic acids is 3. The van der Waals surface area contributed by atoms with Gasteiger partial charge in [0.1, 0.15) is 0 Å². The predicted molar refractivity (Wildman–Crippen MR) is 84.6 cm³/mol. The maximum absolute atomic E-state index is 12.6. The van der Waals surface area contributed by atoms with E-state index in [1.165, 1.54) is 24.4 Å². The van der Waals surface area contributed by atoms with Crippen molar-refractivity contribution in [3.05, 3.63) is 17.1 Å². The van der Waals surface area contributed by atoms with Gasteiger partial charge in [0.2, 0.25) is 11.8 Å². The summed E-state index contributed by atoms with van der Waals surface area (Å²) in [7, 11) is 0. The molecule has 0 unspecified atom stereocenters. The zero-order chi connectivity index (χ0) is 16.2. The van der Waals surface area contributed by atoms with Crippen molar-refractivity contribution >= 4 is 29.4 Å². The van der Waals surface area contributed by atoms with Crippen LogP contribution in [0.15, 0.2) is 11.4 Å². The van der Waals surface area contributed by atoms with Crippen LogP contribution in [0.1, 0.15) is 43.8 Å². The van der Waals surface area contributed by atoms with Gasteiger partial charge in [-0.2, -0.15) is 4.37 Å². The van der Waals surface area contributed by atoms with Gasteiger partial charge in [-0.3, -0.25) is 14.9 Å². The first-order valence-electron chi connectivity index (χ1n) is 7.92.